The van der Waals surface area contributed by atoms with Crippen molar-refractivity contribution in [3.05, 3.63) is 101 Å². The Morgan fingerprint density at radius 1 is 0.850 bits per heavy atom. The van der Waals surface area contributed by atoms with Gasteiger partial charge < -0.3 is 15.5 Å². The van der Waals surface area contributed by atoms with E-state index in [-0.39, 0.29) is 41.4 Å². The van der Waals surface area contributed by atoms with Crippen molar-refractivity contribution >= 4 is 17.5 Å². The molecule has 3 aromatic rings. The number of rotatable bonds is 4. The zero-order chi connectivity index (χ0) is 27.9. The molecule has 2 heterocycles. The summed E-state index contributed by atoms with van der Waals surface area (Å²) in [6.07, 6.45) is -0.475. The number of carbonyl (C=O) groups is 2. The first-order valence-electron chi connectivity index (χ1n) is 14.0. The van der Waals surface area contributed by atoms with Gasteiger partial charge in [-0.1, -0.05) is 61.4 Å². The molecule has 0 aromatic heterocycles. The number of nitrogens with zero attached hydrogens (tertiary/aromatic N) is 1. The molecule has 0 bridgehead atoms. The second-order valence-electron chi connectivity index (χ2n) is 11.1. The molecular formula is C32H32F3N3O2. The van der Waals surface area contributed by atoms with Crippen LogP contribution in [0.3, 0.4) is 0 Å². The van der Waals surface area contributed by atoms with Crippen molar-refractivity contribution < 1.29 is 22.8 Å². The molecule has 1 saturated heterocycles. The van der Waals surface area contributed by atoms with E-state index >= 15 is 0 Å². The van der Waals surface area contributed by atoms with Crippen molar-refractivity contribution in [1.82, 2.24) is 10.2 Å². The summed E-state index contributed by atoms with van der Waals surface area (Å²) in [5.41, 5.74) is 2.71. The Bertz CT molecular complexity index is 1380. The van der Waals surface area contributed by atoms with E-state index in [0.717, 1.165) is 42.6 Å². The number of hydrogen-bond acceptors (Lipinski definition) is 3. The van der Waals surface area contributed by atoms with Crippen LogP contribution in [0, 0.1) is 11.8 Å². The zero-order valence-corrected chi connectivity index (χ0v) is 22.0. The van der Waals surface area contributed by atoms with Gasteiger partial charge >= 0.3 is 6.18 Å². The fraction of sp³-hybridized carbons (Fsp3) is 0.375. The molecule has 1 aliphatic carbocycles. The summed E-state index contributed by atoms with van der Waals surface area (Å²) in [4.78, 5) is 29.3. The number of nitrogens with one attached hydrogen (secondary N) is 2. The molecule has 2 amide bonds. The van der Waals surface area contributed by atoms with Crippen molar-refractivity contribution in [3.63, 3.8) is 0 Å². The Labute approximate surface area is 231 Å². The van der Waals surface area contributed by atoms with Gasteiger partial charge in [0.2, 0.25) is 5.91 Å². The maximum Gasteiger partial charge on any atom is 0.416 e. The van der Waals surface area contributed by atoms with Crippen LogP contribution >= 0.6 is 0 Å². The third kappa shape index (κ3) is 4.95. The number of amides is 2. The molecule has 6 rings (SSSR count). The van der Waals surface area contributed by atoms with E-state index in [1.807, 2.05) is 35.2 Å². The molecule has 3 aliphatic rings. The molecule has 1 saturated carbocycles. The smallest absolute Gasteiger partial charge is 0.378 e. The summed E-state index contributed by atoms with van der Waals surface area (Å²) in [5, 5.41) is 6.72. The Kier molecular flexibility index (Phi) is 7.02. The zero-order valence-electron chi connectivity index (χ0n) is 22.0. The van der Waals surface area contributed by atoms with E-state index in [1.165, 1.54) is 17.7 Å². The number of anilines is 1. The third-order valence-electron chi connectivity index (χ3n) is 8.78. The molecule has 8 heteroatoms. The number of fused-ring (bicyclic) bond motifs is 3. The third-order valence-corrected chi connectivity index (χ3v) is 8.78. The van der Waals surface area contributed by atoms with Crippen LogP contribution in [0.2, 0.25) is 0 Å². The predicted octanol–water partition coefficient (Wildman–Crippen LogP) is 6.75. The minimum absolute atomic E-state index is 0.0495. The Balaban J connectivity index is 1.24. The highest BCUT2D eigenvalue weighted by atomic mass is 19.4. The lowest BCUT2D eigenvalue weighted by Crippen LogP contribution is -2.50. The first-order valence-corrected chi connectivity index (χ1v) is 14.0. The van der Waals surface area contributed by atoms with Gasteiger partial charge in [0.15, 0.2) is 0 Å². The van der Waals surface area contributed by atoms with E-state index in [9.17, 15) is 22.8 Å². The largest absolute Gasteiger partial charge is 0.416 e. The summed E-state index contributed by atoms with van der Waals surface area (Å²) in [7, 11) is 0. The highest BCUT2D eigenvalue weighted by molar-refractivity contribution is 5.95. The highest BCUT2D eigenvalue weighted by Gasteiger charge is 2.48. The summed E-state index contributed by atoms with van der Waals surface area (Å²) in [6.45, 7) is 0.642. The molecule has 2 N–H and O–H groups in total. The van der Waals surface area contributed by atoms with Crippen molar-refractivity contribution in [2.45, 2.75) is 56.4 Å². The average molecular weight is 548 g/mol. The van der Waals surface area contributed by atoms with Crippen molar-refractivity contribution in [3.8, 4) is 0 Å². The number of likely N-dealkylation sites (tertiary alicyclic amines) is 1. The molecule has 0 unspecified atom stereocenters. The van der Waals surface area contributed by atoms with Gasteiger partial charge in [-0.05, 0) is 60.7 Å². The van der Waals surface area contributed by atoms with Gasteiger partial charge in [-0.2, -0.15) is 13.2 Å². The van der Waals surface area contributed by atoms with Crippen LogP contribution in [0.15, 0.2) is 78.9 Å². The van der Waals surface area contributed by atoms with Gasteiger partial charge in [0, 0.05) is 29.8 Å². The van der Waals surface area contributed by atoms with Gasteiger partial charge in [-0.15, -0.1) is 0 Å². The number of benzene rings is 3. The average Bonchev–Trinajstić information content (AvgIpc) is 3.42. The maximum absolute atomic E-state index is 14.2. The molecular weight excluding hydrogens is 515 g/mol. The number of para-hydroxylation sites is 1. The van der Waals surface area contributed by atoms with Gasteiger partial charge in [0.25, 0.3) is 5.91 Å². The van der Waals surface area contributed by atoms with Gasteiger partial charge in [-0.3, -0.25) is 9.59 Å². The van der Waals surface area contributed by atoms with E-state index in [2.05, 4.69) is 34.9 Å². The van der Waals surface area contributed by atoms with Crippen molar-refractivity contribution in [2.24, 2.45) is 11.8 Å². The Morgan fingerprint density at radius 3 is 2.30 bits per heavy atom. The second kappa shape index (κ2) is 10.6. The van der Waals surface area contributed by atoms with Crippen molar-refractivity contribution in [1.29, 1.82) is 0 Å². The van der Waals surface area contributed by atoms with Crippen LogP contribution in [-0.2, 0) is 11.0 Å². The normalized spacial score (nSPS) is 25.9. The number of halogens is 3. The molecule has 0 radical (unpaired) electrons. The van der Waals surface area contributed by atoms with E-state index in [1.54, 1.807) is 0 Å². The molecule has 0 spiro atoms. The van der Waals surface area contributed by atoms with Gasteiger partial charge in [0.1, 0.15) is 0 Å². The lowest BCUT2D eigenvalue weighted by molar-refractivity contribution is -0.139. The monoisotopic (exact) mass is 547 g/mol. The Hall–Kier alpha value is -3.81. The number of alkyl halides is 3. The molecule has 2 aliphatic heterocycles. The fourth-order valence-corrected chi connectivity index (χ4v) is 6.84. The fourth-order valence-electron chi connectivity index (χ4n) is 6.84. The summed E-state index contributed by atoms with van der Waals surface area (Å²) in [5.74, 6) is -0.560. The molecule has 40 heavy (non-hydrogen) atoms. The summed E-state index contributed by atoms with van der Waals surface area (Å²) >= 11 is 0. The topological polar surface area (TPSA) is 61.4 Å². The van der Waals surface area contributed by atoms with Crippen molar-refractivity contribution in [2.75, 3.05) is 11.9 Å². The maximum atomic E-state index is 14.2. The second-order valence-corrected chi connectivity index (χ2v) is 11.1. The molecule has 5 atom stereocenters. The molecule has 208 valence electrons. The van der Waals surface area contributed by atoms with E-state index in [0.29, 0.717) is 19.4 Å². The lowest BCUT2D eigenvalue weighted by Gasteiger charge is -2.42. The number of hydrogen-bond donors (Lipinski definition) is 2. The first kappa shape index (κ1) is 26.4. The van der Waals surface area contributed by atoms with Crippen LogP contribution in [-0.4, -0.2) is 29.3 Å². The highest BCUT2D eigenvalue weighted by Crippen LogP contribution is 2.51. The first-order chi connectivity index (χ1) is 19.3. The Morgan fingerprint density at radius 2 is 1.55 bits per heavy atom. The van der Waals surface area contributed by atoms with Crippen LogP contribution in [0.1, 0.15) is 71.2 Å². The number of carbonyl (C=O) groups excluding carboxylic acids is 2. The van der Waals surface area contributed by atoms with Crippen LogP contribution in [0.25, 0.3) is 0 Å². The van der Waals surface area contributed by atoms with Crippen LogP contribution in [0.4, 0.5) is 18.9 Å². The molecule has 2 fully saturated rings. The standard InChI is InChI=1S/C32H32F3N3O2/c33-32(34,35)22-16-14-21(15-17-22)30(39)37-27-13-7-5-11-24(27)31(40)38-19-18-25-28(20-8-2-1-3-9-20)36-26-12-6-4-10-23(26)29(25)38/h1-4,6,8-10,12,14-17,24-25,27-29,36H,5,7,11,13,18-19H2,(H,37,39)/t24-,25-,27+,28-,29-/m0/s1. The minimum atomic E-state index is -4.46. The quantitative estimate of drug-likeness (QED) is 0.380. The van der Waals surface area contributed by atoms with Gasteiger partial charge in [-0.25, -0.2) is 0 Å². The van der Waals surface area contributed by atoms with E-state index < -0.39 is 17.6 Å². The minimum Gasteiger partial charge on any atom is -0.378 e. The summed E-state index contributed by atoms with van der Waals surface area (Å²) in [6, 6.07) is 22.4. The lowest BCUT2D eigenvalue weighted by atomic mass is 9.79. The molecule has 3 aromatic carbocycles. The summed E-state index contributed by atoms with van der Waals surface area (Å²) < 4.78 is 38.9. The predicted molar refractivity (Wildman–Crippen MR) is 146 cm³/mol. The molecule has 5 nitrogen and oxygen atoms in total. The van der Waals surface area contributed by atoms with Crippen LogP contribution < -0.4 is 10.6 Å². The SMILES string of the molecule is O=C(N[C@@H]1CCCC[C@@H]1C(=O)N1CC[C@H]2[C@H](c3ccccc3)Nc3ccccc3[C@@H]21)c1ccc(C(F)(F)F)cc1. The van der Waals surface area contributed by atoms with Crippen LogP contribution in [0.5, 0.6) is 0 Å². The van der Waals surface area contributed by atoms with E-state index in [4.69, 9.17) is 0 Å². The van der Waals surface area contributed by atoms with Gasteiger partial charge in [0.05, 0.1) is 23.6 Å².